The summed E-state index contributed by atoms with van der Waals surface area (Å²) < 4.78 is 0. The summed E-state index contributed by atoms with van der Waals surface area (Å²) in [5.41, 5.74) is 1.66. The van der Waals surface area contributed by atoms with Gasteiger partial charge in [0.1, 0.15) is 0 Å². The van der Waals surface area contributed by atoms with Gasteiger partial charge in [-0.25, -0.2) is 0 Å². The number of hydrogen-bond acceptors (Lipinski definition) is 2. The van der Waals surface area contributed by atoms with Gasteiger partial charge < -0.3 is 9.80 Å². The fraction of sp³-hybridized carbons (Fsp3) is 0.833. The van der Waals surface area contributed by atoms with E-state index in [9.17, 15) is 0 Å². The third-order valence-electron chi connectivity index (χ3n) is 4.06. The van der Waals surface area contributed by atoms with Crippen molar-refractivity contribution in [2.24, 2.45) is 11.8 Å². The van der Waals surface area contributed by atoms with Crippen LogP contribution in [0, 0.1) is 11.8 Å². The van der Waals surface area contributed by atoms with Crippen LogP contribution in [0.5, 0.6) is 0 Å². The van der Waals surface area contributed by atoms with Crippen LogP contribution in [0.1, 0.15) is 19.3 Å². The van der Waals surface area contributed by atoms with Crippen LogP contribution < -0.4 is 0 Å². The number of hydrogen-bond donors (Lipinski definition) is 0. The van der Waals surface area contributed by atoms with Crippen molar-refractivity contribution in [1.82, 2.24) is 9.80 Å². The highest BCUT2D eigenvalue weighted by atomic mass is 15.2. The van der Waals surface area contributed by atoms with E-state index in [0.29, 0.717) is 0 Å². The Morgan fingerprint density at radius 3 is 2.71 bits per heavy atom. The first-order valence-corrected chi connectivity index (χ1v) is 5.97. The monoisotopic (exact) mass is 192 g/mol. The van der Waals surface area contributed by atoms with Gasteiger partial charge in [0.05, 0.1) is 0 Å². The summed E-state index contributed by atoms with van der Waals surface area (Å²) in [6, 6.07) is 0. The second kappa shape index (κ2) is 3.27. The van der Waals surface area contributed by atoms with Crippen molar-refractivity contribution >= 4 is 0 Å². The molecule has 0 N–H and O–H groups in total. The average molecular weight is 192 g/mol. The lowest BCUT2D eigenvalue weighted by Gasteiger charge is -2.36. The molecule has 1 saturated carbocycles. The van der Waals surface area contributed by atoms with Gasteiger partial charge in [-0.3, -0.25) is 0 Å². The summed E-state index contributed by atoms with van der Waals surface area (Å²) in [4.78, 5) is 5.05. The molecule has 2 atom stereocenters. The van der Waals surface area contributed by atoms with Gasteiger partial charge in [-0.15, -0.1) is 0 Å². The molecular formula is C12H20N2. The second-order valence-electron chi connectivity index (χ2n) is 5.15. The number of likely N-dealkylation sites (N-methyl/N-ethyl adjacent to an activating group) is 1. The van der Waals surface area contributed by atoms with Crippen molar-refractivity contribution < 1.29 is 0 Å². The lowest BCUT2D eigenvalue weighted by Crippen LogP contribution is -2.44. The maximum Gasteiger partial charge on any atom is 0.0303 e. The lowest BCUT2D eigenvalue weighted by atomic mass is 10.0. The molecular weight excluding hydrogens is 172 g/mol. The van der Waals surface area contributed by atoms with Crippen LogP contribution in [0.25, 0.3) is 0 Å². The summed E-state index contributed by atoms with van der Waals surface area (Å²) in [6.45, 7) is 4.98. The van der Waals surface area contributed by atoms with E-state index >= 15 is 0 Å². The zero-order chi connectivity index (χ0) is 9.54. The van der Waals surface area contributed by atoms with E-state index in [4.69, 9.17) is 0 Å². The van der Waals surface area contributed by atoms with Gasteiger partial charge in [0.15, 0.2) is 0 Å². The van der Waals surface area contributed by atoms with Crippen molar-refractivity contribution in [1.29, 1.82) is 0 Å². The summed E-state index contributed by atoms with van der Waals surface area (Å²) in [6.07, 6.45) is 6.87. The number of allylic oxidation sites excluding steroid dienone is 2. The minimum atomic E-state index is 0.971. The zero-order valence-electron chi connectivity index (χ0n) is 9.08. The molecule has 78 valence electrons. The van der Waals surface area contributed by atoms with Gasteiger partial charge in [-0.1, -0.05) is 6.08 Å². The van der Waals surface area contributed by atoms with Crippen molar-refractivity contribution in [2.45, 2.75) is 19.3 Å². The Balaban J connectivity index is 1.64. The van der Waals surface area contributed by atoms with Crippen LogP contribution in [0.4, 0.5) is 0 Å². The van der Waals surface area contributed by atoms with Crippen LogP contribution in [-0.2, 0) is 0 Å². The quantitative estimate of drug-likeness (QED) is 0.622. The molecule has 1 saturated heterocycles. The van der Waals surface area contributed by atoms with E-state index in [1.807, 2.05) is 0 Å². The van der Waals surface area contributed by atoms with E-state index in [-0.39, 0.29) is 0 Å². The fourth-order valence-corrected chi connectivity index (χ4v) is 2.83. The molecule has 3 rings (SSSR count). The van der Waals surface area contributed by atoms with E-state index in [0.717, 1.165) is 11.8 Å². The number of rotatable bonds is 1. The summed E-state index contributed by atoms with van der Waals surface area (Å²) in [5.74, 6) is 2.05. The summed E-state index contributed by atoms with van der Waals surface area (Å²) in [7, 11) is 2.23. The zero-order valence-corrected chi connectivity index (χ0v) is 9.08. The third-order valence-corrected chi connectivity index (χ3v) is 4.06. The highest BCUT2D eigenvalue weighted by Gasteiger charge is 2.38. The van der Waals surface area contributed by atoms with Gasteiger partial charge in [0.25, 0.3) is 0 Å². The maximum absolute atomic E-state index is 2.62. The molecule has 2 aliphatic carbocycles. The van der Waals surface area contributed by atoms with E-state index in [1.165, 1.54) is 45.4 Å². The molecule has 0 bridgehead atoms. The first kappa shape index (κ1) is 8.78. The molecule has 2 heteroatoms. The third kappa shape index (κ3) is 1.56. The van der Waals surface area contributed by atoms with Crippen molar-refractivity contribution in [3.05, 3.63) is 11.8 Å². The fourth-order valence-electron chi connectivity index (χ4n) is 2.83. The summed E-state index contributed by atoms with van der Waals surface area (Å²) in [5, 5.41) is 0. The van der Waals surface area contributed by atoms with Gasteiger partial charge in [-0.05, 0) is 38.1 Å². The first-order valence-electron chi connectivity index (χ1n) is 5.97. The standard InChI is InChI=1S/C12H20N2/c1-13-4-6-14(7-5-13)12-3-2-10-8-11(10)9-12/h9-11H,2-8H2,1H3. The molecule has 3 aliphatic rings. The topological polar surface area (TPSA) is 6.48 Å². The SMILES string of the molecule is CN1CCN(C2=CC3CC3CC2)CC1. The molecule has 0 radical (unpaired) electrons. The van der Waals surface area contributed by atoms with Crippen molar-refractivity contribution in [3.8, 4) is 0 Å². The highest BCUT2D eigenvalue weighted by molar-refractivity contribution is 5.16. The Morgan fingerprint density at radius 1 is 1.21 bits per heavy atom. The minimum Gasteiger partial charge on any atom is -0.372 e. The largest absolute Gasteiger partial charge is 0.372 e. The second-order valence-corrected chi connectivity index (χ2v) is 5.15. The van der Waals surface area contributed by atoms with E-state index in [2.05, 4.69) is 22.9 Å². The summed E-state index contributed by atoms with van der Waals surface area (Å²) >= 11 is 0. The van der Waals surface area contributed by atoms with Crippen LogP contribution in [0.3, 0.4) is 0 Å². The van der Waals surface area contributed by atoms with Crippen LogP contribution in [0.15, 0.2) is 11.8 Å². The Bertz CT molecular complexity index is 251. The molecule has 2 nitrogen and oxygen atoms in total. The van der Waals surface area contributed by atoms with E-state index in [1.54, 1.807) is 5.70 Å². The Morgan fingerprint density at radius 2 is 2.00 bits per heavy atom. The molecule has 0 amide bonds. The minimum absolute atomic E-state index is 0.971. The Labute approximate surface area is 86.6 Å². The van der Waals surface area contributed by atoms with Gasteiger partial charge >= 0.3 is 0 Å². The molecule has 0 aromatic rings. The van der Waals surface area contributed by atoms with Crippen LogP contribution in [0.2, 0.25) is 0 Å². The average Bonchev–Trinajstić information content (AvgIpc) is 2.96. The molecule has 0 aromatic heterocycles. The molecule has 14 heavy (non-hydrogen) atoms. The molecule has 1 aliphatic heterocycles. The maximum atomic E-state index is 2.62. The molecule has 0 spiro atoms. The molecule has 2 unspecified atom stereocenters. The number of piperazine rings is 1. The van der Waals surface area contributed by atoms with Crippen LogP contribution >= 0.6 is 0 Å². The molecule has 2 fully saturated rings. The van der Waals surface area contributed by atoms with Crippen LogP contribution in [-0.4, -0.2) is 43.0 Å². The predicted octanol–water partition coefficient (Wildman–Crippen LogP) is 1.55. The van der Waals surface area contributed by atoms with Crippen molar-refractivity contribution in [2.75, 3.05) is 33.2 Å². The normalized spacial score (nSPS) is 37.8. The first-order chi connectivity index (χ1) is 6.83. The lowest BCUT2D eigenvalue weighted by molar-refractivity contribution is 0.179. The highest BCUT2D eigenvalue weighted by Crippen LogP contribution is 2.48. The Hall–Kier alpha value is -0.500. The number of fused-ring (bicyclic) bond motifs is 1. The predicted molar refractivity (Wildman–Crippen MR) is 58.0 cm³/mol. The number of nitrogens with zero attached hydrogens (tertiary/aromatic N) is 2. The van der Waals surface area contributed by atoms with Gasteiger partial charge in [0.2, 0.25) is 0 Å². The molecule has 0 aromatic carbocycles. The van der Waals surface area contributed by atoms with Gasteiger partial charge in [0, 0.05) is 31.9 Å². The molecule has 1 heterocycles. The Kier molecular flexibility index (Phi) is 2.05. The van der Waals surface area contributed by atoms with Crippen molar-refractivity contribution in [3.63, 3.8) is 0 Å². The van der Waals surface area contributed by atoms with Gasteiger partial charge in [-0.2, -0.15) is 0 Å². The van der Waals surface area contributed by atoms with E-state index < -0.39 is 0 Å². The smallest absolute Gasteiger partial charge is 0.0303 e.